The second-order valence-corrected chi connectivity index (χ2v) is 4.17. The molecular formula is C10H18N4S. The van der Waals surface area contributed by atoms with Crippen LogP contribution in [0.3, 0.4) is 0 Å². The molecule has 15 heavy (non-hydrogen) atoms. The third kappa shape index (κ3) is 3.97. The summed E-state index contributed by atoms with van der Waals surface area (Å²) in [6.45, 7) is 2.17. The maximum absolute atomic E-state index is 5.30. The van der Waals surface area contributed by atoms with Gasteiger partial charge in [0.05, 0.1) is 0 Å². The van der Waals surface area contributed by atoms with Crippen LogP contribution in [0.2, 0.25) is 0 Å². The van der Waals surface area contributed by atoms with E-state index in [1.165, 1.54) is 0 Å². The van der Waals surface area contributed by atoms with Crippen molar-refractivity contribution in [2.75, 3.05) is 22.8 Å². The van der Waals surface area contributed by atoms with Crippen molar-refractivity contribution in [2.45, 2.75) is 19.4 Å². The van der Waals surface area contributed by atoms with Crippen LogP contribution < -0.4 is 16.6 Å². The summed E-state index contributed by atoms with van der Waals surface area (Å²) in [7, 11) is 0. The molecule has 1 aromatic rings. The number of rotatable bonds is 6. The van der Waals surface area contributed by atoms with Gasteiger partial charge < -0.3 is 10.7 Å². The van der Waals surface area contributed by atoms with Crippen molar-refractivity contribution in [1.29, 1.82) is 0 Å². The smallest absolute Gasteiger partial charge is 0.142 e. The zero-order valence-electron chi connectivity index (χ0n) is 9.16. The lowest BCUT2D eigenvalue weighted by Gasteiger charge is -2.16. The minimum atomic E-state index is 0.459. The molecule has 1 atom stereocenters. The number of anilines is 2. The van der Waals surface area contributed by atoms with Gasteiger partial charge in [-0.05, 0) is 24.8 Å². The van der Waals surface area contributed by atoms with E-state index in [9.17, 15) is 0 Å². The normalized spacial score (nSPS) is 12.2. The molecule has 0 bridgehead atoms. The first-order chi connectivity index (χ1) is 7.30. The average molecular weight is 226 g/mol. The molecule has 0 saturated carbocycles. The minimum Gasteiger partial charge on any atom is -0.366 e. The summed E-state index contributed by atoms with van der Waals surface area (Å²) >= 11 is 1.83. The fraction of sp³-hybridized carbons (Fsp3) is 0.500. The Labute approximate surface area is 95.0 Å². The standard InChI is InChI=1S/C10H18N4S/c1-3-8(7-15-2)12-9-5-4-6-10(13-9)14-11/h4-6,8H,3,7,11H2,1-2H3,(H2,12,13,14). The molecule has 0 amide bonds. The van der Waals surface area contributed by atoms with Crippen LogP contribution in [0.1, 0.15) is 13.3 Å². The quantitative estimate of drug-likeness (QED) is 0.511. The zero-order valence-corrected chi connectivity index (χ0v) is 9.97. The van der Waals surface area contributed by atoms with Gasteiger partial charge in [0, 0.05) is 11.8 Å². The van der Waals surface area contributed by atoms with Gasteiger partial charge in [-0.15, -0.1) is 0 Å². The molecule has 4 nitrogen and oxygen atoms in total. The highest BCUT2D eigenvalue weighted by Gasteiger charge is 2.05. The molecule has 84 valence electrons. The van der Waals surface area contributed by atoms with E-state index in [0.717, 1.165) is 18.0 Å². The van der Waals surface area contributed by atoms with Crippen molar-refractivity contribution in [1.82, 2.24) is 4.98 Å². The van der Waals surface area contributed by atoms with Crippen LogP contribution >= 0.6 is 11.8 Å². The lowest BCUT2D eigenvalue weighted by atomic mass is 10.2. The number of nitrogens with one attached hydrogen (secondary N) is 2. The Morgan fingerprint density at radius 3 is 2.80 bits per heavy atom. The maximum atomic E-state index is 5.30. The van der Waals surface area contributed by atoms with Gasteiger partial charge >= 0.3 is 0 Å². The van der Waals surface area contributed by atoms with Crippen LogP contribution in [0.5, 0.6) is 0 Å². The van der Waals surface area contributed by atoms with Gasteiger partial charge in [0.15, 0.2) is 0 Å². The predicted molar refractivity (Wildman–Crippen MR) is 68.1 cm³/mol. The van der Waals surface area contributed by atoms with Gasteiger partial charge in [0.1, 0.15) is 11.6 Å². The van der Waals surface area contributed by atoms with Crippen molar-refractivity contribution < 1.29 is 0 Å². The van der Waals surface area contributed by atoms with Crippen molar-refractivity contribution in [3.05, 3.63) is 18.2 Å². The first-order valence-corrected chi connectivity index (χ1v) is 6.38. The van der Waals surface area contributed by atoms with Crippen molar-refractivity contribution in [3.63, 3.8) is 0 Å². The Hall–Kier alpha value is -0.940. The van der Waals surface area contributed by atoms with Crippen LogP contribution in [0.15, 0.2) is 18.2 Å². The first-order valence-electron chi connectivity index (χ1n) is 4.99. The molecule has 0 aliphatic rings. The highest BCUT2D eigenvalue weighted by atomic mass is 32.2. The molecule has 1 unspecified atom stereocenters. The third-order valence-electron chi connectivity index (χ3n) is 2.11. The Morgan fingerprint density at radius 1 is 1.47 bits per heavy atom. The van der Waals surface area contributed by atoms with Gasteiger partial charge in [0.25, 0.3) is 0 Å². The number of pyridine rings is 1. The van der Waals surface area contributed by atoms with Crippen LogP contribution in [-0.4, -0.2) is 23.0 Å². The number of nitrogens with zero attached hydrogens (tertiary/aromatic N) is 1. The summed E-state index contributed by atoms with van der Waals surface area (Å²) in [5.74, 6) is 7.92. The number of hydrogen-bond donors (Lipinski definition) is 3. The molecular weight excluding hydrogens is 208 g/mol. The van der Waals surface area contributed by atoms with Crippen LogP contribution in [0.4, 0.5) is 11.6 Å². The van der Waals surface area contributed by atoms with E-state index in [-0.39, 0.29) is 0 Å². The summed E-state index contributed by atoms with van der Waals surface area (Å²) < 4.78 is 0. The van der Waals surface area contributed by atoms with Crippen molar-refractivity contribution in [3.8, 4) is 0 Å². The molecule has 1 heterocycles. The number of nitrogen functional groups attached to an aromatic ring is 1. The minimum absolute atomic E-state index is 0.459. The van der Waals surface area contributed by atoms with E-state index in [2.05, 4.69) is 28.9 Å². The molecule has 0 radical (unpaired) electrons. The monoisotopic (exact) mass is 226 g/mol. The lowest BCUT2D eigenvalue weighted by Crippen LogP contribution is -2.22. The molecule has 1 rings (SSSR count). The first kappa shape index (κ1) is 12.1. The molecule has 0 aliphatic heterocycles. The van der Waals surface area contributed by atoms with E-state index < -0.39 is 0 Å². The van der Waals surface area contributed by atoms with E-state index in [1.54, 1.807) is 0 Å². The second kappa shape index (κ2) is 6.53. The molecule has 0 aliphatic carbocycles. The van der Waals surface area contributed by atoms with Gasteiger partial charge in [-0.3, -0.25) is 0 Å². The van der Waals surface area contributed by atoms with Crippen molar-refractivity contribution >= 4 is 23.4 Å². The largest absolute Gasteiger partial charge is 0.366 e. The van der Waals surface area contributed by atoms with Crippen molar-refractivity contribution in [2.24, 2.45) is 5.84 Å². The highest BCUT2D eigenvalue weighted by molar-refractivity contribution is 7.98. The van der Waals surface area contributed by atoms with E-state index >= 15 is 0 Å². The van der Waals surface area contributed by atoms with E-state index in [1.807, 2.05) is 30.0 Å². The van der Waals surface area contributed by atoms with E-state index in [4.69, 9.17) is 5.84 Å². The Morgan fingerprint density at radius 2 is 2.20 bits per heavy atom. The molecule has 4 N–H and O–H groups in total. The second-order valence-electron chi connectivity index (χ2n) is 3.26. The zero-order chi connectivity index (χ0) is 11.1. The number of hydrazine groups is 1. The van der Waals surface area contributed by atoms with E-state index in [0.29, 0.717) is 11.9 Å². The molecule has 0 fully saturated rings. The molecule has 5 heteroatoms. The van der Waals surface area contributed by atoms with Gasteiger partial charge in [0.2, 0.25) is 0 Å². The molecule has 1 aromatic heterocycles. The third-order valence-corrected chi connectivity index (χ3v) is 2.85. The van der Waals surface area contributed by atoms with Crippen LogP contribution in [0, 0.1) is 0 Å². The van der Waals surface area contributed by atoms with Crippen LogP contribution in [0.25, 0.3) is 0 Å². The summed E-state index contributed by atoms with van der Waals surface area (Å²) in [4.78, 5) is 4.30. The van der Waals surface area contributed by atoms with Gasteiger partial charge in [-0.1, -0.05) is 13.0 Å². The lowest BCUT2D eigenvalue weighted by molar-refractivity contribution is 0.770. The van der Waals surface area contributed by atoms with Gasteiger partial charge in [-0.25, -0.2) is 10.8 Å². The fourth-order valence-corrected chi connectivity index (χ4v) is 1.99. The SMILES string of the molecule is CCC(CSC)Nc1cccc(NN)n1. The molecule has 0 saturated heterocycles. The average Bonchev–Trinajstić information content (AvgIpc) is 2.29. The Bertz CT molecular complexity index is 293. The Balaban J connectivity index is 2.61. The summed E-state index contributed by atoms with van der Waals surface area (Å²) in [6.07, 6.45) is 3.19. The summed E-state index contributed by atoms with van der Waals surface area (Å²) in [6, 6.07) is 6.17. The molecule has 0 spiro atoms. The number of nitrogens with two attached hydrogens (primary N) is 1. The fourth-order valence-electron chi connectivity index (χ4n) is 1.27. The molecule has 0 aromatic carbocycles. The number of thioether (sulfide) groups is 1. The predicted octanol–water partition coefficient (Wildman–Crippen LogP) is 1.92. The van der Waals surface area contributed by atoms with Gasteiger partial charge in [-0.2, -0.15) is 11.8 Å². The maximum Gasteiger partial charge on any atom is 0.142 e. The van der Waals surface area contributed by atoms with Crippen LogP contribution in [-0.2, 0) is 0 Å². The highest BCUT2D eigenvalue weighted by Crippen LogP contribution is 2.12. The topological polar surface area (TPSA) is 63.0 Å². The number of aromatic nitrogens is 1. The number of hydrogen-bond acceptors (Lipinski definition) is 5. The summed E-state index contributed by atoms with van der Waals surface area (Å²) in [5, 5.41) is 3.38. The Kier molecular flexibility index (Phi) is 5.28. The summed E-state index contributed by atoms with van der Waals surface area (Å²) in [5.41, 5.74) is 2.53.